The Morgan fingerprint density at radius 3 is 2.43 bits per heavy atom. The fraction of sp³-hybridized carbons (Fsp3) is 0.125. The number of carbonyl (C=O) groups excluding carboxylic acids is 2. The maximum absolute atomic E-state index is 12.4. The van der Waals surface area contributed by atoms with Crippen molar-refractivity contribution in [1.29, 1.82) is 0 Å². The molecule has 1 aliphatic rings. The van der Waals surface area contributed by atoms with Crippen LogP contribution in [0.3, 0.4) is 0 Å². The van der Waals surface area contributed by atoms with E-state index in [1.54, 1.807) is 24.3 Å². The summed E-state index contributed by atoms with van der Waals surface area (Å²) in [5.74, 6) is -0.257. The molecule has 7 heteroatoms. The number of rotatable bonds is 3. The molecule has 0 saturated heterocycles. The smallest absolute Gasteiger partial charge is 0.404 e. The van der Waals surface area contributed by atoms with Crippen LogP contribution in [0.5, 0.6) is 0 Å². The molecule has 1 unspecified atom stereocenters. The second kappa shape index (κ2) is 5.48. The monoisotopic (exact) mass is 331 g/mol. The van der Waals surface area contributed by atoms with Crippen molar-refractivity contribution in [3.8, 4) is 11.1 Å². The molecule has 23 heavy (non-hydrogen) atoms. The van der Waals surface area contributed by atoms with E-state index in [-0.39, 0.29) is 22.6 Å². The summed E-state index contributed by atoms with van der Waals surface area (Å²) in [6.07, 6.45) is -0.909. The van der Waals surface area contributed by atoms with Gasteiger partial charge in [-0.05, 0) is 24.1 Å². The van der Waals surface area contributed by atoms with Crippen LogP contribution in [0.2, 0.25) is 0 Å². The van der Waals surface area contributed by atoms with Crippen LogP contribution < -0.4 is 0 Å². The number of fused-ring (bicyclic) bond motifs is 3. The summed E-state index contributed by atoms with van der Waals surface area (Å²) in [4.78, 5) is 34.0. The van der Waals surface area contributed by atoms with Crippen molar-refractivity contribution in [2.24, 2.45) is 0 Å². The lowest BCUT2D eigenvalue weighted by Crippen LogP contribution is -2.07. The molecule has 0 amide bonds. The maximum Gasteiger partial charge on any atom is 0.404 e. The Bertz CT molecular complexity index is 862. The van der Waals surface area contributed by atoms with Crippen molar-refractivity contribution in [2.75, 3.05) is 0 Å². The van der Waals surface area contributed by atoms with E-state index in [1.165, 1.54) is 19.1 Å². The summed E-state index contributed by atoms with van der Waals surface area (Å²) >= 11 is 5.19. The third kappa shape index (κ3) is 2.47. The summed E-state index contributed by atoms with van der Waals surface area (Å²) in [7, 11) is 0. The van der Waals surface area contributed by atoms with Crippen LogP contribution in [-0.2, 0) is 4.74 Å². The Labute approximate surface area is 135 Å². The number of ether oxygens (including phenoxy) is 1. The van der Waals surface area contributed by atoms with E-state index >= 15 is 0 Å². The van der Waals surface area contributed by atoms with Gasteiger partial charge >= 0.3 is 5.43 Å². The topological polar surface area (TPSA) is 86.5 Å². The first-order chi connectivity index (χ1) is 10.9. The Kier molecular flexibility index (Phi) is 3.61. The van der Waals surface area contributed by atoms with Gasteiger partial charge in [0.1, 0.15) is 6.10 Å². The van der Waals surface area contributed by atoms with Gasteiger partial charge in [-0.15, -0.1) is 0 Å². The molecule has 6 nitrogen and oxygen atoms in total. The normalized spacial score (nSPS) is 13.2. The van der Waals surface area contributed by atoms with Crippen molar-refractivity contribution >= 4 is 28.5 Å². The number of hydrogen-bond acceptors (Lipinski definition) is 5. The van der Waals surface area contributed by atoms with Crippen molar-refractivity contribution in [3.63, 3.8) is 0 Å². The summed E-state index contributed by atoms with van der Waals surface area (Å²) in [6, 6.07) is 9.70. The second-order valence-electron chi connectivity index (χ2n) is 5.09. The van der Waals surface area contributed by atoms with Crippen molar-refractivity contribution in [3.05, 3.63) is 63.2 Å². The molecule has 0 heterocycles. The molecule has 0 aliphatic heterocycles. The van der Waals surface area contributed by atoms with E-state index in [0.717, 1.165) is 0 Å². The number of hydrogen-bond donors (Lipinski definition) is 0. The lowest BCUT2D eigenvalue weighted by atomic mass is 9.98. The average molecular weight is 332 g/mol. The zero-order chi connectivity index (χ0) is 16.7. The third-order valence-corrected chi connectivity index (χ3v) is 3.87. The molecule has 0 saturated carbocycles. The average Bonchev–Trinajstić information content (AvgIpc) is 2.78. The van der Waals surface area contributed by atoms with Crippen LogP contribution >= 0.6 is 11.6 Å². The van der Waals surface area contributed by atoms with Gasteiger partial charge in [-0.1, -0.05) is 24.3 Å². The standard InChI is InChI=1S/C16H10ClNO5/c1-8(23-16(17)20)11-6-12-9-4-2-3-5-10(9)15(19)13(12)7-14(11)18(21)22/h2-8H,1H3. The molecule has 0 N–H and O–H groups in total. The van der Waals surface area contributed by atoms with E-state index in [1.807, 2.05) is 0 Å². The van der Waals surface area contributed by atoms with Crippen molar-refractivity contribution in [2.45, 2.75) is 13.0 Å². The van der Waals surface area contributed by atoms with Crippen LogP contribution in [0, 0.1) is 10.1 Å². The van der Waals surface area contributed by atoms with Gasteiger partial charge in [0.2, 0.25) is 0 Å². The van der Waals surface area contributed by atoms with E-state index in [9.17, 15) is 19.7 Å². The van der Waals surface area contributed by atoms with Gasteiger partial charge in [-0.25, -0.2) is 4.79 Å². The molecular formula is C16H10ClNO5. The molecule has 0 aromatic heterocycles. The van der Waals surface area contributed by atoms with Crippen molar-refractivity contribution < 1.29 is 19.2 Å². The van der Waals surface area contributed by atoms with E-state index in [4.69, 9.17) is 16.3 Å². The summed E-state index contributed by atoms with van der Waals surface area (Å²) in [5.41, 5.74) is 0.907. The highest BCUT2D eigenvalue weighted by molar-refractivity contribution is 6.61. The molecule has 116 valence electrons. The summed E-state index contributed by atoms with van der Waals surface area (Å²) < 4.78 is 4.84. The molecule has 0 bridgehead atoms. The molecule has 2 aromatic rings. The quantitative estimate of drug-likeness (QED) is 0.407. The number of benzene rings is 2. The Hall–Kier alpha value is -2.73. The van der Waals surface area contributed by atoms with Crippen LogP contribution in [0.25, 0.3) is 11.1 Å². The van der Waals surface area contributed by atoms with Gasteiger partial charge in [0.15, 0.2) is 5.78 Å². The van der Waals surface area contributed by atoms with Gasteiger partial charge in [-0.2, -0.15) is 0 Å². The van der Waals surface area contributed by atoms with Gasteiger partial charge < -0.3 is 4.74 Å². The third-order valence-electron chi connectivity index (χ3n) is 3.78. The van der Waals surface area contributed by atoms with Gasteiger partial charge in [0, 0.05) is 28.8 Å². The molecule has 0 radical (unpaired) electrons. The van der Waals surface area contributed by atoms with Crippen LogP contribution in [0.4, 0.5) is 10.5 Å². The van der Waals surface area contributed by atoms with Gasteiger partial charge in [-0.3, -0.25) is 14.9 Å². The summed E-state index contributed by atoms with van der Waals surface area (Å²) in [6.45, 7) is 1.48. The highest BCUT2D eigenvalue weighted by Crippen LogP contribution is 2.41. The fourth-order valence-electron chi connectivity index (χ4n) is 2.76. The Balaban J connectivity index is 2.22. The Morgan fingerprint density at radius 1 is 1.17 bits per heavy atom. The van der Waals surface area contributed by atoms with Crippen LogP contribution in [-0.4, -0.2) is 16.1 Å². The largest absolute Gasteiger partial charge is 0.446 e. The number of halogens is 1. The number of nitro groups is 1. The predicted octanol–water partition coefficient (Wildman–Crippen LogP) is 4.24. The maximum atomic E-state index is 12.4. The van der Waals surface area contributed by atoms with E-state index < -0.39 is 16.5 Å². The first-order valence-electron chi connectivity index (χ1n) is 6.72. The highest BCUT2D eigenvalue weighted by atomic mass is 35.5. The zero-order valence-electron chi connectivity index (χ0n) is 11.9. The number of nitrogens with zero attached hydrogens (tertiary/aromatic N) is 1. The van der Waals surface area contributed by atoms with Crippen LogP contribution in [0.15, 0.2) is 36.4 Å². The SMILES string of the molecule is CC(OC(=O)Cl)c1cc2c(cc1[N+](=O)[O-])C(=O)c1ccccc1-2. The molecule has 0 spiro atoms. The Morgan fingerprint density at radius 2 is 1.83 bits per heavy atom. The number of carbonyl (C=O) groups is 2. The minimum atomic E-state index is -1.05. The lowest BCUT2D eigenvalue weighted by molar-refractivity contribution is -0.386. The minimum Gasteiger partial charge on any atom is -0.446 e. The fourth-order valence-corrected chi connectivity index (χ4v) is 2.90. The van der Waals surface area contributed by atoms with E-state index in [2.05, 4.69) is 0 Å². The number of ketones is 1. The molecule has 2 aromatic carbocycles. The minimum absolute atomic E-state index is 0.187. The molecule has 1 atom stereocenters. The predicted molar refractivity (Wildman–Crippen MR) is 82.7 cm³/mol. The number of nitro benzene ring substituents is 1. The molecule has 3 rings (SSSR count). The molecule has 0 fully saturated rings. The van der Waals surface area contributed by atoms with Gasteiger partial charge in [0.05, 0.1) is 10.5 Å². The molecular weight excluding hydrogens is 322 g/mol. The lowest BCUT2D eigenvalue weighted by Gasteiger charge is -2.13. The van der Waals surface area contributed by atoms with Crippen LogP contribution in [0.1, 0.15) is 34.5 Å². The summed E-state index contributed by atoms with van der Waals surface area (Å²) in [5, 5.41) is 11.3. The molecule has 1 aliphatic carbocycles. The highest BCUT2D eigenvalue weighted by Gasteiger charge is 2.32. The second-order valence-corrected chi connectivity index (χ2v) is 5.39. The van der Waals surface area contributed by atoms with Gasteiger partial charge in [0.25, 0.3) is 5.69 Å². The first-order valence-corrected chi connectivity index (χ1v) is 7.10. The van der Waals surface area contributed by atoms with E-state index in [0.29, 0.717) is 16.7 Å². The van der Waals surface area contributed by atoms with Crippen molar-refractivity contribution in [1.82, 2.24) is 0 Å². The first kappa shape index (κ1) is 15.2. The zero-order valence-corrected chi connectivity index (χ0v) is 12.7.